The fourth-order valence-electron chi connectivity index (χ4n) is 3.40. The zero-order chi connectivity index (χ0) is 18.3. The minimum atomic E-state index is -3.07. The number of sulfone groups is 1. The molecule has 4 rings (SSSR count). The van der Waals surface area contributed by atoms with Crippen molar-refractivity contribution < 1.29 is 12.8 Å². The molecule has 1 fully saturated rings. The van der Waals surface area contributed by atoms with Crippen LogP contribution in [0.4, 0.5) is 10.1 Å². The molecule has 0 N–H and O–H groups in total. The van der Waals surface area contributed by atoms with E-state index in [1.165, 1.54) is 17.8 Å². The van der Waals surface area contributed by atoms with Gasteiger partial charge in [0.2, 0.25) is 0 Å². The number of fused-ring (bicyclic) bond motifs is 1. The van der Waals surface area contributed by atoms with Gasteiger partial charge >= 0.3 is 0 Å². The van der Waals surface area contributed by atoms with Crippen molar-refractivity contribution in [3.8, 4) is 0 Å². The molecule has 136 valence electrons. The number of benzene rings is 2. The lowest BCUT2D eigenvalue weighted by molar-refractivity contribution is 0.601. The third-order valence-corrected chi connectivity index (χ3v) is 7.45. The number of hydrogen-bond acceptors (Lipinski definition) is 5. The van der Waals surface area contributed by atoms with Crippen LogP contribution in [0.5, 0.6) is 0 Å². The first-order valence-electron chi connectivity index (χ1n) is 8.43. The van der Waals surface area contributed by atoms with Crippen molar-refractivity contribution in [1.82, 2.24) is 0 Å². The number of rotatable bonds is 3. The predicted octanol–water partition coefficient (Wildman–Crippen LogP) is 3.41. The maximum absolute atomic E-state index is 13.9. The first kappa shape index (κ1) is 17.5. The Hall–Kier alpha value is -1.86. The van der Waals surface area contributed by atoms with E-state index >= 15 is 0 Å². The van der Waals surface area contributed by atoms with Crippen molar-refractivity contribution >= 4 is 32.5 Å². The maximum Gasteiger partial charge on any atom is 0.164 e. The number of anilines is 1. The molecule has 0 unspecified atom stereocenters. The van der Waals surface area contributed by atoms with E-state index in [1.807, 2.05) is 42.2 Å². The van der Waals surface area contributed by atoms with Gasteiger partial charge in [-0.25, -0.2) is 12.8 Å². The molecule has 2 aliphatic heterocycles. The molecule has 7 heteroatoms. The van der Waals surface area contributed by atoms with Gasteiger partial charge < -0.3 is 4.90 Å². The van der Waals surface area contributed by atoms with Gasteiger partial charge in [-0.3, -0.25) is 4.99 Å². The summed E-state index contributed by atoms with van der Waals surface area (Å²) in [5.41, 5.74) is 2.69. The Morgan fingerprint density at radius 2 is 1.88 bits per heavy atom. The van der Waals surface area contributed by atoms with Gasteiger partial charge in [-0.15, -0.1) is 0 Å². The van der Waals surface area contributed by atoms with Crippen LogP contribution in [-0.4, -0.2) is 37.2 Å². The summed E-state index contributed by atoms with van der Waals surface area (Å²) < 4.78 is 38.0. The van der Waals surface area contributed by atoms with Gasteiger partial charge in [0.25, 0.3) is 0 Å². The summed E-state index contributed by atoms with van der Waals surface area (Å²) in [5, 5.41) is 0.766. The third-order valence-electron chi connectivity index (χ3n) is 4.73. The predicted molar refractivity (Wildman–Crippen MR) is 105 cm³/mol. The molecular formula is C19H19FN2O2S2. The van der Waals surface area contributed by atoms with E-state index < -0.39 is 9.84 Å². The Kier molecular flexibility index (Phi) is 4.52. The molecule has 0 aromatic heterocycles. The third kappa shape index (κ3) is 3.38. The van der Waals surface area contributed by atoms with Gasteiger partial charge in [0.1, 0.15) is 5.82 Å². The van der Waals surface area contributed by atoms with Crippen LogP contribution in [0.3, 0.4) is 0 Å². The van der Waals surface area contributed by atoms with Gasteiger partial charge in [0.05, 0.1) is 23.6 Å². The van der Waals surface area contributed by atoms with Crippen molar-refractivity contribution in [2.75, 3.05) is 16.4 Å². The molecule has 2 atom stereocenters. The summed E-state index contributed by atoms with van der Waals surface area (Å²) in [7, 11) is -3.07. The minimum absolute atomic E-state index is 0.0871. The second kappa shape index (κ2) is 6.70. The van der Waals surface area contributed by atoms with Crippen molar-refractivity contribution in [2.45, 2.75) is 24.8 Å². The average Bonchev–Trinajstić information content (AvgIpc) is 3.06. The monoisotopic (exact) mass is 390 g/mol. The highest BCUT2D eigenvalue weighted by Crippen LogP contribution is 2.36. The normalized spacial score (nSPS) is 23.8. The van der Waals surface area contributed by atoms with Crippen molar-refractivity contribution in [1.29, 1.82) is 0 Å². The van der Waals surface area contributed by atoms with Gasteiger partial charge in [0, 0.05) is 11.4 Å². The fraction of sp³-hybridized carbons (Fsp3) is 0.316. The standard InChI is InChI=1S/C19H19FN2O2S2/c1-13-6-8-15(9-7-13)22-18-12-26(23,24)11-17(18)21-19(22)25-10-14-4-2-3-5-16(14)20/h2-9,17-18H,10-12H2,1H3/t17-,18-/m1/s1. The first-order chi connectivity index (χ1) is 12.4. The van der Waals surface area contributed by atoms with Gasteiger partial charge in [-0.2, -0.15) is 0 Å². The van der Waals surface area contributed by atoms with E-state index in [0.29, 0.717) is 11.3 Å². The molecule has 0 amide bonds. The topological polar surface area (TPSA) is 49.7 Å². The molecular weight excluding hydrogens is 371 g/mol. The van der Waals surface area contributed by atoms with Gasteiger partial charge in [-0.1, -0.05) is 47.7 Å². The molecule has 0 bridgehead atoms. The lowest BCUT2D eigenvalue weighted by atomic mass is 10.1. The lowest BCUT2D eigenvalue weighted by Crippen LogP contribution is -2.39. The number of hydrogen-bond donors (Lipinski definition) is 0. The number of aryl methyl sites for hydroxylation is 1. The molecule has 0 aliphatic carbocycles. The van der Waals surface area contributed by atoms with E-state index in [0.717, 1.165) is 16.4 Å². The molecule has 2 aromatic carbocycles. The number of aliphatic imine (C=N–C) groups is 1. The second-order valence-electron chi connectivity index (χ2n) is 6.71. The Bertz CT molecular complexity index is 958. The molecule has 4 nitrogen and oxygen atoms in total. The summed E-state index contributed by atoms with van der Waals surface area (Å²) in [6.45, 7) is 2.01. The lowest BCUT2D eigenvalue weighted by Gasteiger charge is -2.26. The molecule has 2 aliphatic rings. The summed E-state index contributed by atoms with van der Waals surface area (Å²) in [4.78, 5) is 6.69. The van der Waals surface area contributed by atoms with E-state index in [2.05, 4.69) is 4.99 Å². The van der Waals surface area contributed by atoms with E-state index in [1.54, 1.807) is 12.1 Å². The number of nitrogens with zero attached hydrogens (tertiary/aromatic N) is 2. The van der Waals surface area contributed by atoms with Crippen molar-refractivity contribution in [3.63, 3.8) is 0 Å². The van der Waals surface area contributed by atoms with E-state index in [-0.39, 0.29) is 29.4 Å². The van der Waals surface area contributed by atoms with Crippen LogP contribution in [0.25, 0.3) is 0 Å². The highest BCUT2D eigenvalue weighted by Gasteiger charge is 2.47. The molecule has 1 saturated heterocycles. The summed E-state index contributed by atoms with van der Waals surface area (Å²) in [6.07, 6.45) is 0. The average molecular weight is 391 g/mol. The molecule has 0 saturated carbocycles. The van der Waals surface area contributed by atoms with Gasteiger partial charge in [0.15, 0.2) is 15.0 Å². The largest absolute Gasteiger partial charge is 0.315 e. The Morgan fingerprint density at radius 3 is 2.62 bits per heavy atom. The number of amidine groups is 1. The molecule has 2 aromatic rings. The quantitative estimate of drug-likeness (QED) is 0.806. The first-order valence-corrected chi connectivity index (χ1v) is 11.2. The smallest absolute Gasteiger partial charge is 0.164 e. The zero-order valence-electron chi connectivity index (χ0n) is 14.3. The van der Waals surface area contributed by atoms with Crippen LogP contribution in [0.15, 0.2) is 53.5 Å². The molecule has 26 heavy (non-hydrogen) atoms. The van der Waals surface area contributed by atoms with E-state index in [9.17, 15) is 12.8 Å². The number of thioether (sulfide) groups is 1. The Labute approximate surface area is 157 Å². The summed E-state index contributed by atoms with van der Waals surface area (Å²) in [5.74, 6) is 0.422. The van der Waals surface area contributed by atoms with Crippen molar-refractivity contribution in [2.24, 2.45) is 4.99 Å². The van der Waals surface area contributed by atoms with Crippen LogP contribution >= 0.6 is 11.8 Å². The van der Waals surface area contributed by atoms with Crippen LogP contribution in [0.2, 0.25) is 0 Å². The Balaban J connectivity index is 1.63. The SMILES string of the molecule is Cc1ccc(N2C(SCc3ccccc3F)=N[C@@H]3CS(=O)(=O)C[C@H]32)cc1. The second-order valence-corrected chi connectivity index (χ2v) is 9.81. The molecule has 0 spiro atoms. The van der Waals surface area contributed by atoms with Crippen molar-refractivity contribution in [3.05, 3.63) is 65.5 Å². The van der Waals surface area contributed by atoms with Crippen LogP contribution in [0.1, 0.15) is 11.1 Å². The highest BCUT2D eigenvalue weighted by molar-refractivity contribution is 8.13. The van der Waals surface area contributed by atoms with Crippen LogP contribution in [-0.2, 0) is 15.6 Å². The fourth-order valence-corrected chi connectivity index (χ4v) is 6.35. The van der Waals surface area contributed by atoms with Crippen LogP contribution < -0.4 is 4.90 Å². The summed E-state index contributed by atoms with van der Waals surface area (Å²) >= 11 is 1.46. The molecule has 2 heterocycles. The Morgan fingerprint density at radius 1 is 1.15 bits per heavy atom. The number of halogens is 1. The van der Waals surface area contributed by atoms with Crippen LogP contribution in [0, 0.1) is 12.7 Å². The maximum atomic E-state index is 13.9. The van der Waals surface area contributed by atoms with Gasteiger partial charge in [-0.05, 0) is 30.7 Å². The van der Waals surface area contributed by atoms with E-state index in [4.69, 9.17) is 0 Å². The minimum Gasteiger partial charge on any atom is -0.315 e. The highest BCUT2D eigenvalue weighted by atomic mass is 32.2. The molecule has 0 radical (unpaired) electrons. The zero-order valence-corrected chi connectivity index (χ0v) is 15.9. The summed E-state index contributed by atoms with van der Waals surface area (Å²) in [6, 6.07) is 14.3.